The molecule has 12 heteroatoms. The Balaban J connectivity index is 1.36. The Morgan fingerprint density at radius 1 is 0.894 bits per heavy atom. The van der Waals surface area contributed by atoms with E-state index in [0.29, 0.717) is 51.4 Å². The smallest absolute Gasteiger partial charge is 0.335 e. The second-order valence-corrected chi connectivity index (χ2v) is 16.4. The molecule has 4 saturated carbocycles. The molecule has 15 atom stereocenters. The number of carbonyl (C=O) groups is 3. The second-order valence-electron chi connectivity index (χ2n) is 16.4. The highest BCUT2D eigenvalue weighted by atomic mass is 16.7. The summed E-state index contributed by atoms with van der Waals surface area (Å²) in [5.74, 6) is -4.26. The summed E-state index contributed by atoms with van der Waals surface area (Å²) < 4.78 is 11.3. The summed E-state index contributed by atoms with van der Waals surface area (Å²) in [6, 6.07) is 0. The Kier molecular flexibility index (Phi) is 8.14. The largest absolute Gasteiger partial charge is 0.481 e. The van der Waals surface area contributed by atoms with E-state index in [0.717, 1.165) is 5.57 Å². The Bertz CT molecular complexity index is 1390. The van der Waals surface area contributed by atoms with Crippen LogP contribution in [0, 0.1) is 44.8 Å². The van der Waals surface area contributed by atoms with Crippen LogP contribution in [0.5, 0.6) is 0 Å². The highest BCUT2D eigenvalue weighted by Gasteiger charge is 2.72. The number of aliphatic carboxylic acids is 3. The van der Waals surface area contributed by atoms with E-state index >= 15 is 0 Å². The molecule has 1 saturated heterocycles. The van der Waals surface area contributed by atoms with Crippen LogP contribution in [0.4, 0.5) is 0 Å². The first kappa shape index (κ1) is 34.5. The molecule has 5 fully saturated rings. The second kappa shape index (κ2) is 11.1. The summed E-state index contributed by atoms with van der Waals surface area (Å²) in [4.78, 5) is 37.8. The molecular weight excluding hydrogens is 612 g/mol. The average Bonchev–Trinajstić information content (AvgIpc) is 2.98. The zero-order valence-corrected chi connectivity index (χ0v) is 27.6. The Morgan fingerprint density at radius 3 is 2.19 bits per heavy atom. The van der Waals surface area contributed by atoms with Crippen molar-refractivity contribution in [2.45, 2.75) is 128 Å². The third-order valence-electron chi connectivity index (χ3n) is 14.6. The quantitative estimate of drug-likeness (QED) is 0.167. The number of ether oxygens (including phenoxy) is 2. The third-order valence-corrected chi connectivity index (χ3v) is 14.6. The minimum absolute atomic E-state index is 0.0502. The molecule has 0 aromatic heterocycles. The summed E-state index contributed by atoms with van der Waals surface area (Å²) in [6.07, 6.45) is -4.97. The van der Waals surface area contributed by atoms with Crippen molar-refractivity contribution in [3.8, 4) is 0 Å². The third kappa shape index (κ3) is 4.50. The number of rotatable bonds is 5. The van der Waals surface area contributed by atoms with Crippen LogP contribution in [-0.2, 0) is 23.9 Å². The number of allylic oxidation sites excluding steroid dienone is 3. The van der Waals surface area contributed by atoms with Gasteiger partial charge in [-0.1, -0.05) is 44.6 Å². The summed E-state index contributed by atoms with van der Waals surface area (Å²) >= 11 is 0. The molecule has 0 aromatic carbocycles. The van der Waals surface area contributed by atoms with Gasteiger partial charge < -0.3 is 45.2 Å². The monoisotopic (exact) mass is 662 g/mol. The van der Waals surface area contributed by atoms with E-state index in [2.05, 4.69) is 26.5 Å². The zero-order valence-electron chi connectivity index (χ0n) is 27.6. The number of aliphatic hydroxyl groups excluding tert-OH is 4. The lowest BCUT2D eigenvalue weighted by Gasteiger charge is -2.71. The fourth-order valence-electron chi connectivity index (χ4n) is 11.8. The predicted octanol–water partition coefficient (Wildman–Crippen LogP) is 2.72. The van der Waals surface area contributed by atoms with Crippen LogP contribution in [-0.4, -0.2) is 96.6 Å². The highest BCUT2D eigenvalue weighted by molar-refractivity contribution is 5.77. The van der Waals surface area contributed by atoms with Gasteiger partial charge in [-0.25, -0.2) is 4.79 Å². The maximum absolute atomic E-state index is 13.3. The normalized spacial score (nSPS) is 52.6. The van der Waals surface area contributed by atoms with Crippen LogP contribution in [0.3, 0.4) is 0 Å². The van der Waals surface area contributed by atoms with E-state index in [4.69, 9.17) is 9.47 Å². The maximum Gasteiger partial charge on any atom is 0.335 e. The van der Waals surface area contributed by atoms with Crippen molar-refractivity contribution in [3.05, 3.63) is 23.8 Å². The molecule has 12 nitrogen and oxygen atoms in total. The van der Waals surface area contributed by atoms with Crippen molar-refractivity contribution >= 4 is 17.9 Å². The van der Waals surface area contributed by atoms with Gasteiger partial charge in [-0.05, 0) is 92.8 Å². The van der Waals surface area contributed by atoms with E-state index in [1.165, 1.54) is 12.5 Å². The standard InChI is InChI=1S/C35H50O12/c1-16-8-11-35(30(44)45)13-12-32(3)17(18(35)14-16)6-7-20-31(2)15-19(36)26(34(5,29(42)43)21(31)9-10-33(20,32)4)47-28-24(39)22(37)23(38)25(46-28)27(40)41/h6,18-26,28,36-39H,1,7-15H2,2-5H3,(H,40,41)(H,42,43)(H,44,45)/t18-,19-,20+,21+,22-,23-,24+,25-,26-,28-,31+,32+,33+,34-,35-/m0/s1. The summed E-state index contributed by atoms with van der Waals surface area (Å²) in [5, 5.41) is 73.8. The van der Waals surface area contributed by atoms with Crippen LogP contribution in [0.2, 0.25) is 0 Å². The van der Waals surface area contributed by atoms with Gasteiger partial charge in [-0.15, -0.1) is 0 Å². The molecule has 0 radical (unpaired) electrons. The number of fused-ring (bicyclic) bond motifs is 7. The van der Waals surface area contributed by atoms with E-state index < -0.39 is 83.0 Å². The number of aliphatic hydroxyl groups is 4. The van der Waals surface area contributed by atoms with Gasteiger partial charge in [0.05, 0.1) is 16.9 Å². The minimum Gasteiger partial charge on any atom is -0.481 e. The van der Waals surface area contributed by atoms with Crippen molar-refractivity contribution in [2.75, 3.05) is 0 Å². The van der Waals surface area contributed by atoms with E-state index in [-0.39, 0.29) is 29.1 Å². The first-order chi connectivity index (χ1) is 21.8. The fraction of sp³-hybridized carbons (Fsp3) is 0.800. The summed E-state index contributed by atoms with van der Waals surface area (Å²) in [7, 11) is 0. The van der Waals surface area contributed by atoms with Crippen LogP contribution < -0.4 is 0 Å². The molecule has 47 heavy (non-hydrogen) atoms. The van der Waals surface area contributed by atoms with E-state index in [1.807, 2.05) is 6.92 Å². The van der Waals surface area contributed by atoms with E-state index in [9.17, 15) is 50.1 Å². The van der Waals surface area contributed by atoms with Gasteiger partial charge in [0.25, 0.3) is 0 Å². The van der Waals surface area contributed by atoms with Crippen LogP contribution >= 0.6 is 0 Å². The molecule has 0 spiro atoms. The maximum atomic E-state index is 13.3. The van der Waals surface area contributed by atoms with Gasteiger partial charge in [0, 0.05) is 5.92 Å². The SMILES string of the molecule is C=C1CC[C@]2(C(=O)O)CC[C@]3(C)C(=CC[C@@H]4[C@@]5(C)C[C@H](O)[C@H](O[C@@H]6O[C@H](C(=O)O)[C@@H](O)[C@H](O)[C@H]6O)[C@@](C)(C(=O)O)[C@@H]5CC[C@]43C)[C@@H]2C1. The Morgan fingerprint density at radius 2 is 1.57 bits per heavy atom. The van der Waals surface area contributed by atoms with Crippen molar-refractivity contribution < 1.29 is 59.6 Å². The molecule has 6 aliphatic rings. The fourth-order valence-corrected chi connectivity index (χ4v) is 11.8. The Labute approximate surface area is 274 Å². The molecule has 5 aliphatic carbocycles. The molecular formula is C35H50O12. The van der Waals surface area contributed by atoms with Crippen molar-refractivity contribution in [1.82, 2.24) is 0 Å². The van der Waals surface area contributed by atoms with Crippen molar-refractivity contribution in [2.24, 2.45) is 44.8 Å². The van der Waals surface area contributed by atoms with Gasteiger partial charge >= 0.3 is 17.9 Å². The number of hydrogen-bond donors (Lipinski definition) is 7. The summed E-state index contributed by atoms with van der Waals surface area (Å²) in [5.41, 5.74) is -1.62. The zero-order chi connectivity index (χ0) is 34.6. The topological polar surface area (TPSA) is 211 Å². The first-order valence-corrected chi connectivity index (χ1v) is 16.9. The lowest BCUT2D eigenvalue weighted by molar-refractivity contribution is -0.335. The molecule has 0 unspecified atom stereocenters. The molecule has 6 rings (SSSR count). The lowest BCUT2D eigenvalue weighted by Crippen LogP contribution is -2.70. The van der Waals surface area contributed by atoms with Crippen molar-refractivity contribution in [1.29, 1.82) is 0 Å². The van der Waals surface area contributed by atoms with Gasteiger partial charge in [-0.2, -0.15) is 0 Å². The lowest BCUT2D eigenvalue weighted by atomic mass is 9.33. The first-order valence-electron chi connectivity index (χ1n) is 16.9. The molecule has 1 aliphatic heterocycles. The highest BCUT2D eigenvalue weighted by Crippen LogP contribution is 2.75. The molecule has 0 bridgehead atoms. The van der Waals surface area contributed by atoms with Gasteiger partial charge in [-0.3, -0.25) is 9.59 Å². The number of hydrogen-bond acceptors (Lipinski definition) is 9. The van der Waals surface area contributed by atoms with Crippen molar-refractivity contribution in [3.63, 3.8) is 0 Å². The van der Waals surface area contributed by atoms with Crippen LogP contribution in [0.25, 0.3) is 0 Å². The molecule has 262 valence electrons. The number of carboxylic acid groups (broad SMARTS) is 3. The van der Waals surface area contributed by atoms with Gasteiger partial charge in [0.1, 0.15) is 24.4 Å². The molecule has 0 aromatic rings. The van der Waals surface area contributed by atoms with E-state index in [1.54, 1.807) is 0 Å². The predicted molar refractivity (Wildman–Crippen MR) is 165 cm³/mol. The molecule has 0 amide bonds. The number of carboxylic acids is 3. The van der Waals surface area contributed by atoms with Crippen LogP contribution in [0.15, 0.2) is 23.8 Å². The van der Waals surface area contributed by atoms with Gasteiger partial charge in [0.2, 0.25) is 0 Å². The molecule has 1 heterocycles. The van der Waals surface area contributed by atoms with Crippen LogP contribution in [0.1, 0.15) is 85.5 Å². The molecule has 7 N–H and O–H groups in total. The minimum atomic E-state index is -1.94. The Hall–Kier alpha value is -2.35. The average molecular weight is 663 g/mol. The summed E-state index contributed by atoms with van der Waals surface area (Å²) in [6.45, 7) is 12.3. The van der Waals surface area contributed by atoms with Gasteiger partial charge in [0.15, 0.2) is 12.4 Å².